The first-order valence-electron chi connectivity index (χ1n) is 14.1. The number of carbonyl (C=O) groups excluding carboxylic acids is 1. The minimum absolute atomic E-state index is 0.0679. The zero-order valence-corrected chi connectivity index (χ0v) is 25.3. The molecule has 3 heterocycles. The molecule has 0 bridgehead atoms. The Hall–Kier alpha value is -4.73. The fraction of sp³-hybridized carbons (Fsp3) is 0.206. The Labute approximate surface area is 256 Å². The number of nitrogens with one attached hydrogen (secondary N) is 2. The maximum absolute atomic E-state index is 12.5. The molecule has 0 spiro atoms. The predicted octanol–water partition coefficient (Wildman–Crippen LogP) is 6.41. The highest BCUT2D eigenvalue weighted by Crippen LogP contribution is 2.45. The van der Waals surface area contributed by atoms with Crippen molar-refractivity contribution in [1.29, 1.82) is 0 Å². The van der Waals surface area contributed by atoms with E-state index in [1.54, 1.807) is 13.3 Å². The molecule has 1 amide bonds. The third-order valence-electron chi connectivity index (χ3n) is 7.91. The topological polar surface area (TPSA) is 80.7 Å². The molecule has 1 fully saturated rings. The number of methoxy groups -OCH3 is 2. The molecule has 2 N–H and O–H groups in total. The first-order chi connectivity index (χ1) is 20.9. The van der Waals surface area contributed by atoms with Crippen LogP contribution in [0.15, 0.2) is 91.1 Å². The Bertz CT molecular complexity index is 1810. The standard InChI is InChI=1S/C34H33N5O3S/c1-21-18-26(22(2)38(21)29-14-9-11-23-10-5-6-12-25(23)29)33-32(27-13-7-8-17-35-27)37-34(43)39(33)24-15-16-30(42-4)28(19-24)36-31(40)20-41-3/h5-19,32-33H,20H2,1-4H3,(H,36,40)(H,37,43)/t32-,33+/m1/s1. The molecule has 1 aliphatic heterocycles. The molecule has 3 aromatic carbocycles. The van der Waals surface area contributed by atoms with Crippen LogP contribution in [0.2, 0.25) is 0 Å². The molecule has 218 valence electrons. The number of pyridine rings is 1. The van der Waals surface area contributed by atoms with Crippen LogP contribution in [0.5, 0.6) is 5.75 Å². The summed E-state index contributed by atoms with van der Waals surface area (Å²) < 4.78 is 12.9. The van der Waals surface area contributed by atoms with Gasteiger partial charge in [-0.05, 0) is 79.5 Å². The van der Waals surface area contributed by atoms with Crippen molar-refractivity contribution in [1.82, 2.24) is 14.9 Å². The van der Waals surface area contributed by atoms with Crippen molar-refractivity contribution < 1.29 is 14.3 Å². The largest absolute Gasteiger partial charge is 0.495 e. The van der Waals surface area contributed by atoms with E-state index in [0.29, 0.717) is 16.5 Å². The number of benzene rings is 3. The van der Waals surface area contributed by atoms with Gasteiger partial charge in [-0.3, -0.25) is 9.78 Å². The molecule has 0 radical (unpaired) electrons. The molecule has 43 heavy (non-hydrogen) atoms. The Morgan fingerprint density at radius 1 is 1.00 bits per heavy atom. The molecule has 0 aliphatic carbocycles. The lowest BCUT2D eigenvalue weighted by atomic mass is 9.96. The number of carbonyl (C=O) groups is 1. The number of ether oxygens (including phenoxy) is 2. The Morgan fingerprint density at radius 2 is 1.79 bits per heavy atom. The van der Waals surface area contributed by atoms with E-state index in [-0.39, 0.29) is 24.6 Å². The molecule has 6 rings (SSSR count). The van der Waals surface area contributed by atoms with Gasteiger partial charge in [0.15, 0.2) is 5.11 Å². The Morgan fingerprint density at radius 3 is 2.56 bits per heavy atom. The van der Waals surface area contributed by atoms with Gasteiger partial charge in [-0.25, -0.2) is 0 Å². The number of hydrogen-bond donors (Lipinski definition) is 2. The van der Waals surface area contributed by atoms with Gasteiger partial charge >= 0.3 is 0 Å². The highest BCUT2D eigenvalue weighted by Gasteiger charge is 2.42. The molecule has 2 atom stereocenters. The van der Waals surface area contributed by atoms with Gasteiger partial charge in [0.2, 0.25) is 5.91 Å². The average molecular weight is 592 g/mol. The van der Waals surface area contributed by atoms with Crippen molar-refractivity contribution in [3.05, 3.63) is 114 Å². The Balaban J connectivity index is 1.51. The van der Waals surface area contributed by atoms with Crippen LogP contribution in [0.4, 0.5) is 11.4 Å². The van der Waals surface area contributed by atoms with E-state index >= 15 is 0 Å². The number of hydrogen-bond acceptors (Lipinski definition) is 5. The molecule has 0 unspecified atom stereocenters. The number of thiocarbonyl (C=S) groups is 1. The number of aromatic nitrogens is 2. The molecular weight excluding hydrogens is 558 g/mol. The molecule has 1 aliphatic rings. The van der Waals surface area contributed by atoms with E-state index in [9.17, 15) is 4.79 Å². The summed E-state index contributed by atoms with van der Waals surface area (Å²) in [6.07, 6.45) is 1.80. The number of fused-ring (bicyclic) bond motifs is 1. The second-order valence-corrected chi connectivity index (χ2v) is 10.9. The number of rotatable bonds is 8. The van der Waals surface area contributed by atoms with Crippen molar-refractivity contribution in [2.75, 3.05) is 31.0 Å². The van der Waals surface area contributed by atoms with Crippen molar-refractivity contribution in [3.8, 4) is 11.4 Å². The molecule has 8 nitrogen and oxygen atoms in total. The van der Waals surface area contributed by atoms with Gasteiger partial charge in [-0.1, -0.05) is 42.5 Å². The number of anilines is 2. The first kappa shape index (κ1) is 28.4. The van der Waals surface area contributed by atoms with Crippen LogP contribution in [0.1, 0.15) is 34.7 Å². The summed E-state index contributed by atoms with van der Waals surface area (Å²) in [4.78, 5) is 19.3. The highest BCUT2D eigenvalue weighted by molar-refractivity contribution is 7.80. The van der Waals surface area contributed by atoms with Gasteiger partial charge in [0, 0.05) is 35.8 Å². The fourth-order valence-electron chi connectivity index (χ4n) is 6.07. The van der Waals surface area contributed by atoms with Crippen LogP contribution < -0.4 is 20.3 Å². The number of nitrogens with zero attached hydrogens (tertiary/aromatic N) is 3. The summed E-state index contributed by atoms with van der Waals surface area (Å²) in [7, 11) is 3.06. The summed E-state index contributed by atoms with van der Waals surface area (Å²) in [5, 5.41) is 9.39. The van der Waals surface area contributed by atoms with Crippen molar-refractivity contribution >= 4 is 45.4 Å². The third-order valence-corrected chi connectivity index (χ3v) is 8.22. The van der Waals surface area contributed by atoms with Crippen molar-refractivity contribution in [2.45, 2.75) is 25.9 Å². The fourth-order valence-corrected chi connectivity index (χ4v) is 6.42. The van der Waals surface area contributed by atoms with E-state index in [0.717, 1.165) is 34.0 Å². The molecule has 0 saturated carbocycles. The number of amides is 1. The number of aryl methyl sites for hydroxylation is 1. The van der Waals surface area contributed by atoms with Gasteiger partial charge in [-0.15, -0.1) is 0 Å². The van der Waals surface area contributed by atoms with Gasteiger partial charge in [0.1, 0.15) is 12.4 Å². The monoisotopic (exact) mass is 591 g/mol. The smallest absolute Gasteiger partial charge is 0.250 e. The molecule has 5 aromatic rings. The zero-order chi connectivity index (χ0) is 30.1. The average Bonchev–Trinajstić information content (AvgIpc) is 3.51. The quantitative estimate of drug-likeness (QED) is 0.202. The van der Waals surface area contributed by atoms with E-state index in [1.165, 1.54) is 17.9 Å². The van der Waals surface area contributed by atoms with E-state index < -0.39 is 0 Å². The maximum atomic E-state index is 12.5. The van der Waals surface area contributed by atoms with Crippen LogP contribution in [-0.4, -0.2) is 41.4 Å². The van der Waals surface area contributed by atoms with Crippen LogP contribution in [0.25, 0.3) is 16.5 Å². The zero-order valence-electron chi connectivity index (χ0n) is 24.5. The summed E-state index contributed by atoms with van der Waals surface area (Å²) >= 11 is 5.99. The lowest BCUT2D eigenvalue weighted by Crippen LogP contribution is -2.29. The van der Waals surface area contributed by atoms with Gasteiger partial charge in [0.05, 0.1) is 36.3 Å². The SMILES string of the molecule is COCC(=O)Nc1cc(N2C(=S)N[C@H](c3ccccn3)[C@@H]2c2cc(C)n(-c3cccc4ccccc34)c2C)ccc1OC. The second kappa shape index (κ2) is 11.9. The van der Waals surface area contributed by atoms with E-state index in [2.05, 4.69) is 82.5 Å². The van der Waals surface area contributed by atoms with Crippen LogP contribution >= 0.6 is 12.2 Å². The van der Waals surface area contributed by atoms with Gasteiger partial charge in [0.25, 0.3) is 0 Å². The molecule has 9 heteroatoms. The molecular formula is C34H33N5O3S. The van der Waals surface area contributed by atoms with E-state index in [4.69, 9.17) is 26.7 Å². The Kier molecular flexibility index (Phi) is 7.84. The minimum atomic E-state index is -0.276. The van der Waals surface area contributed by atoms with Gasteiger partial charge in [-0.2, -0.15) is 0 Å². The summed E-state index contributed by atoms with van der Waals surface area (Å²) in [6.45, 7) is 4.22. The first-order valence-corrected chi connectivity index (χ1v) is 14.5. The summed E-state index contributed by atoms with van der Waals surface area (Å²) in [6, 6.07) is 28.2. The normalized spacial score (nSPS) is 16.4. The van der Waals surface area contributed by atoms with Crippen molar-refractivity contribution in [2.24, 2.45) is 0 Å². The van der Waals surface area contributed by atoms with Crippen LogP contribution in [0.3, 0.4) is 0 Å². The minimum Gasteiger partial charge on any atom is -0.495 e. The van der Waals surface area contributed by atoms with E-state index in [1.807, 2.05) is 36.4 Å². The van der Waals surface area contributed by atoms with Crippen LogP contribution in [0, 0.1) is 13.8 Å². The lowest BCUT2D eigenvalue weighted by Gasteiger charge is -2.29. The second-order valence-electron chi connectivity index (χ2n) is 10.5. The summed E-state index contributed by atoms with van der Waals surface area (Å²) in [5.74, 6) is 0.264. The summed E-state index contributed by atoms with van der Waals surface area (Å²) in [5.41, 5.74) is 6.70. The molecule has 2 aromatic heterocycles. The lowest BCUT2D eigenvalue weighted by molar-refractivity contribution is -0.119. The van der Waals surface area contributed by atoms with Gasteiger partial charge < -0.3 is 29.6 Å². The highest BCUT2D eigenvalue weighted by atomic mass is 32.1. The van der Waals surface area contributed by atoms with Crippen LogP contribution in [-0.2, 0) is 9.53 Å². The third kappa shape index (κ3) is 5.22. The maximum Gasteiger partial charge on any atom is 0.250 e. The van der Waals surface area contributed by atoms with Crippen molar-refractivity contribution in [3.63, 3.8) is 0 Å². The molecule has 1 saturated heterocycles. The predicted molar refractivity (Wildman–Crippen MR) is 174 cm³/mol.